The molecule has 2 aromatic carbocycles. The van der Waals surface area contributed by atoms with Crippen molar-refractivity contribution in [3.8, 4) is 5.75 Å². The van der Waals surface area contributed by atoms with Crippen LogP contribution in [0.1, 0.15) is 30.4 Å². The third kappa shape index (κ3) is 2.31. The van der Waals surface area contributed by atoms with E-state index in [0.717, 1.165) is 24.9 Å². The van der Waals surface area contributed by atoms with Gasteiger partial charge in [0.25, 0.3) is 0 Å². The van der Waals surface area contributed by atoms with Crippen molar-refractivity contribution in [3.05, 3.63) is 76.5 Å². The number of rotatable bonds is 1. The van der Waals surface area contributed by atoms with Crippen molar-refractivity contribution in [2.45, 2.75) is 25.7 Å². The monoisotopic (exact) mass is 289 g/mol. The summed E-state index contributed by atoms with van der Waals surface area (Å²) in [5.74, 6) is 0.341. The Morgan fingerprint density at radius 3 is 2.68 bits per heavy atom. The van der Waals surface area contributed by atoms with Crippen LogP contribution in [0.5, 0.6) is 5.75 Å². The van der Waals surface area contributed by atoms with Crippen LogP contribution < -0.4 is 5.32 Å². The van der Waals surface area contributed by atoms with Crippen LogP contribution in [0.2, 0.25) is 0 Å². The number of phenolic OH excluding ortho intramolecular Hbond substituents is 1. The van der Waals surface area contributed by atoms with Crippen LogP contribution in [0.15, 0.2) is 65.4 Å². The fourth-order valence-electron chi connectivity index (χ4n) is 3.44. The molecule has 22 heavy (non-hydrogen) atoms. The maximum atomic E-state index is 10.1. The van der Waals surface area contributed by atoms with Crippen LogP contribution in [-0.2, 0) is 6.42 Å². The molecule has 4 rings (SSSR count). The molecule has 1 heterocycles. The second-order valence-electron chi connectivity index (χ2n) is 6.03. The maximum Gasteiger partial charge on any atom is 0.139 e. The van der Waals surface area contributed by atoms with Gasteiger partial charge in [-0.25, -0.2) is 0 Å². The van der Waals surface area contributed by atoms with Gasteiger partial charge in [0.2, 0.25) is 0 Å². The van der Waals surface area contributed by atoms with E-state index in [9.17, 15) is 5.11 Å². The van der Waals surface area contributed by atoms with Crippen molar-refractivity contribution in [3.63, 3.8) is 0 Å². The van der Waals surface area contributed by atoms with E-state index < -0.39 is 0 Å². The summed E-state index contributed by atoms with van der Waals surface area (Å²) in [6.07, 6.45) is 6.64. The summed E-state index contributed by atoms with van der Waals surface area (Å²) in [7, 11) is 0. The molecule has 0 fully saturated rings. The first-order chi connectivity index (χ1) is 10.8. The van der Waals surface area contributed by atoms with Crippen LogP contribution in [0.3, 0.4) is 0 Å². The first-order valence-electron chi connectivity index (χ1n) is 7.87. The van der Waals surface area contributed by atoms with E-state index in [1.54, 1.807) is 6.07 Å². The molecule has 0 saturated heterocycles. The Hall–Kier alpha value is -2.48. The number of hydrogen-bond acceptors (Lipinski definition) is 2. The molecule has 2 N–H and O–H groups in total. The van der Waals surface area contributed by atoms with E-state index in [-0.39, 0.29) is 0 Å². The lowest BCUT2D eigenvalue weighted by molar-refractivity contribution is 0.476. The second kappa shape index (κ2) is 5.38. The Morgan fingerprint density at radius 1 is 0.955 bits per heavy atom. The minimum absolute atomic E-state index is 0.341. The zero-order chi connectivity index (χ0) is 14.9. The number of benzene rings is 2. The SMILES string of the molecule is Oc1cccc2c1NC1=C(CCCC1=Cc1ccccc1)C2. The van der Waals surface area contributed by atoms with Crippen molar-refractivity contribution in [2.75, 3.05) is 5.32 Å². The van der Waals surface area contributed by atoms with Crippen LogP contribution in [-0.4, -0.2) is 5.11 Å². The number of phenols is 1. The van der Waals surface area contributed by atoms with Crippen LogP contribution >= 0.6 is 0 Å². The highest BCUT2D eigenvalue weighted by atomic mass is 16.3. The van der Waals surface area contributed by atoms with Gasteiger partial charge in [0.15, 0.2) is 0 Å². The maximum absolute atomic E-state index is 10.1. The topological polar surface area (TPSA) is 32.3 Å². The molecule has 2 nitrogen and oxygen atoms in total. The highest BCUT2D eigenvalue weighted by molar-refractivity contribution is 5.73. The van der Waals surface area contributed by atoms with Crippen molar-refractivity contribution in [1.29, 1.82) is 0 Å². The number of nitrogens with one attached hydrogen (secondary N) is 1. The van der Waals surface area contributed by atoms with E-state index in [2.05, 4.69) is 41.7 Å². The van der Waals surface area contributed by atoms with Crippen molar-refractivity contribution in [2.24, 2.45) is 0 Å². The number of para-hydroxylation sites is 1. The number of fused-ring (bicyclic) bond motifs is 1. The molecule has 0 bridgehead atoms. The third-order valence-corrected chi connectivity index (χ3v) is 4.52. The standard InChI is InChI=1S/C20H19NO/c22-18-11-5-10-17-13-16-9-4-8-15(19(16)21-20(17)18)12-14-6-2-1-3-7-14/h1-3,5-7,10-12,21-22H,4,8-9,13H2. The zero-order valence-corrected chi connectivity index (χ0v) is 12.5. The first kappa shape index (κ1) is 13.2. The number of anilines is 1. The Balaban J connectivity index is 1.75. The molecule has 2 heteroatoms. The van der Waals surface area contributed by atoms with Crippen LogP contribution in [0.4, 0.5) is 5.69 Å². The Morgan fingerprint density at radius 2 is 1.82 bits per heavy atom. The van der Waals surface area contributed by atoms with E-state index in [0.29, 0.717) is 5.75 Å². The molecule has 0 unspecified atom stereocenters. The van der Waals surface area contributed by atoms with E-state index in [4.69, 9.17) is 0 Å². The third-order valence-electron chi connectivity index (χ3n) is 4.52. The lowest BCUT2D eigenvalue weighted by Crippen LogP contribution is -2.18. The lowest BCUT2D eigenvalue weighted by atomic mass is 9.84. The molecule has 2 aromatic rings. The van der Waals surface area contributed by atoms with Gasteiger partial charge in [0.05, 0.1) is 5.69 Å². The van der Waals surface area contributed by atoms with E-state index >= 15 is 0 Å². The Kier molecular flexibility index (Phi) is 3.23. The van der Waals surface area contributed by atoms with Gasteiger partial charge >= 0.3 is 0 Å². The highest BCUT2D eigenvalue weighted by Crippen LogP contribution is 2.41. The van der Waals surface area contributed by atoms with Crippen LogP contribution in [0.25, 0.3) is 6.08 Å². The van der Waals surface area contributed by atoms with Gasteiger partial charge in [-0.2, -0.15) is 0 Å². The van der Waals surface area contributed by atoms with Crippen LogP contribution in [0, 0.1) is 0 Å². The first-order valence-corrected chi connectivity index (χ1v) is 7.87. The smallest absolute Gasteiger partial charge is 0.139 e. The van der Waals surface area contributed by atoms with Gasteiger partial charge in [0.1, 0.15) is 5.75 Å². The quantitative estimate of drug-likeness (QED) is 0.733. The fourth-order valence-corrected chi connectivity index (χ4v) is 3.44. The predicted octanol–water partition coefficient (Wildman–Crippen LogP) is 4.88. The normalized spacial score (nSPS) is 18.6. The van der Waals surface area contributed by atoms with Gasteiger partial charge in [0, 0.05) is 5.70 Å². The van der Waals surface area contributed by atoms with E-state index in [1.807, 2.05) is 12.1 Å². The largest absolute Gasteiger partial charge is 0.506 e. The van der Waals surface area contributed by atoms with Gasteiger partial charge < -0.3 is 10.4 Å². The summed E-state index contributed by atoms with van der Waals surface area (Å²) in [5, 5.41) is 13.6. The molecule has 0 spiro atoms. The molecule has 0 radical (unpaired) electrons. The fraction of sp³-hybridized carbons (Fsp3) is 0.200. The number of aromatic hydroxyl groups is 1. The Bertz CT molecular complexity index is 772. The summed E-state index contributed by atoms with van der Waals surface area (Å²) in [6.45, 7) is 0. The minimum Gasteiger partial charge on any atom is -0.506 e. The summed E-state index contributed by atoms with van der Waals surface area (Å²) < 4.78 is 0. The second-order valence-corrected chi connectivity index (χ2v) is 6.03. The van der Waals surface area contributed by atoms with Gasteiger partial charge in [-0.1, -0.05) is 42.5 Å². The van der Waals surface area contributed by atoms with Crippen molar-refractivity contribution >= 4 is 11.8 Å². The molecular weight excluding hydrogens is 270 g/mol. The Labute approximate surface area is 130 Å². The molecule has 1 aliphatic heterocycles. The van der Waals surface area contributed by atoms with Gasteiger partial charge in [-0.3, -0.25) is 0 Å². The summed E-state index contributed by atoms with van der Waals surface area (Å²) in [6, 6.07) is 16.2. The molecule has 110 valence electrons. The summed E-state index contributed by atoms with van der Waals surface area (Å²) >= 11 is 0. The average Bonchev–Trinajstić information content (AvgIpc) is 2.55. The molecule has 1 aliphatic carbocycles. The molecule has 0 aromatic heterocycles. The summed E-state index contributed by atoms with van der Waals surface area (Å²) in [4.78, 5) is 0. The highest BCUT2D eigenvalue weighted by Gasteiger charge is 2.24. The zero-order valence-electron chi connectivity index (χ0n) is 12.5. The average molecular weight is 289 g/mol. The molecule has 0 atom stereocenters. The lowest BCUT2D eigenvalue weighted by Gasteiger charge is -2.30. The number of allylic oxidation sites excluding steroid dienone is 2. The molecule has 0 saturated carbocycles. The van der Waals surface area contributed by atoms with Gasteiger partial charge in [-0.15, -0.1) is 0 Å². The minimum atomic E-state index is 0.341. The number of hydrogen-bond donors (Lipinski definition) is 2. The predicted molar refractivity (Wildman–Crippen MR) is 90.7 cm³/mol. The van der Waals surface area contributed by atoms with Crippen molar-refractivity contribution < 1.29 is 5.11 Å². The van der Waals surface area contributed by atoms with Gasteiger partial charge in [-0.05, 0) is 60.1 Å². The van der Waals surface area contributed by atoms with E-state index in [1.165, 1.54) is 34.4 Å². The molecule has 0 amide bonds. The van der Waals surface area contributed by atoms with Crippen molar-refractivity contribution in [1.82, 2.24) is 0 Å². The summed E-state index contributed by atoms with van der Waals surface area (Å²) in [5.41, 5.74) is 7.34. The molecular formula is C20H19NO. The molecule has 2 aliphatic rings.